The SMILES string of the molecule is O=C1c2c(S)ccc(F)c2CC1(F)F. The molecule has 0 amide bonds. The molecule has 0 fully saturated rings. The van der Waals surface area contributed by atoms with Gasteiger partial charge in [0.2, 0.25) is 5.78 Å². The van der Waals surface area contributed by atoms with Crippen molar-refractivity contribution in [2.45, 2.75) is 17.2 Å². The van der Waals surface area contributed by atoms with E-state index in [0.717, 1.165) is 6.07 Å². The summed E-state index contributed by atoms with van der Waals surface area (Å²) >= 11 is 3.85. The summed E-state index contributed by atoms with van der Waals surface area (Å²) in [6, 6.07) is 2.24. The zero-order valence-electron chi connectivity index (χ0n) is 6.85. The Labute approximate surface area is 83.3 Å². The number of rotatable bonds is 0. The van der Waals surface area contributed by atoms with Gasteiger partial charge in [-0.3, -0.25) is 4.79 Å². The fraction of sp³-hybridized carbons (Fsp3) is 0.222. The molecule has 1 aliphatic carbocycles. The average Bonchev–Trinajstić information content (AvgIpc) is 2.33. The molecule has 0 saturated heterocycles. The monoisotopic (exact) mass is 218 g/mol. The van der Waals surface area contributed by atoms with E-state index in [1.165, 1.54) is 6.07 Å². The van der Waals surface area contributed by atoms with Crippen molar-refractivity contribution in [1.82, 2.24) is 0 Å². The molecule has 1 aromatic carbocycles. The number of alkyl halides is 2. The van der Waals surface area contributed by atoms with Gasteiger partial charge in [0, 0.05) is 22.4 Å². The third-order valence-corrected chi connectivity index (χ3v) is 2.56. The Kier molecular flexibility index (Phi) is 1.89. The molecule has 1 nitrogen and oxygen atoms in total. The standard InChI is InChI=1S/C9H5F3OS/c10-5-1-2-6(14)7-4(5)3-9(11,12)8(7)13/h1-2,14H,3H2. The lowest BCUT2D eigenvalue weighted by molar-refractivity contribution is 0.0164. The van der Waals surface area contributed by atoms with Crippen molar-refractivity contribution in [3.63, 3.8) is 0 Å². The highest BCUT2D eigenvalue weighted by atomic mass is 32.1. The summed E-state index contributed by atoms with van der Waals surface area (Å²) in [6.45, 7) is 0. The molecule has 0 aromatic heterocycles. The van der Waals surface area contributed by atoms with Gasteiger partial charge in [0.15, 0.2) is 0 Å². The molecule has 1 aliphatic rings. The molecular formula is C9H5F3OS. The summed E-state index contributed by atoms with van der Waals surface area (Å²) in [5.41, 5.74) is -0.508. The molecule has 74 valence electrons. The van der Waals surface area contributed by atoms with Crippen molar-refractivity contribution in [3.8, 4) is 0 Å². The van der Waals surface area contributed by atoms with E-state index in [9.17, 15) is 18.0 Å². The van der Waals surface area contributed by atoms with E-state index < -0.39 is 23.9 Å². The van der Waals surface area contributed by atoms with Crippen LogP contribution in [-0.4, -0.2) is 11.7 Å². The van der Waals surface area contributed by atoms with Crippen LogP contribution in [0.3, 0.4) is 0 Å². The number of hydrogen-bond donors (Lipinski definition) is 1. The molecule has 0 bridgehead atoms. The Morgan fingerprint density at radius 1 is 1.36 bits per heavy atom. The summed E-state index contributed by atoms with van der Waals surface area (Å²) in [4.78, 5) is 11.2. The summed E-state index contributed by atoms with van der Waals surface area (Å²) in [7, 11) is 0. The number of hydrogen-bond acceptors (Lipinski definition) is 2. The molecule has 0 unspecified atom stereocenters. The second-order valence-electron chi connectivity index (χ2n) is 3.13. The van der Waals surface area contributed by atoms with E-state index in [2.05, 4.69) is 12.6 Å². The quantitative estimate of drug-likeness (QED) is 0.662. The average molecular weight is 218 g/mol. The van der Waals surface area contributed by atoms with Crippen LogP contribution in [0.2, 0.25) is 0 Å². The van der Waals surface area contributed by atoms with E-state index >= 15 is 0 Å². The first-order chi connectivity index (χ1) is 6.43. The van der Waals surface area contributed by atoms with Gasteiger partial charge in [0.25, 0.3) is 0 Å². The van der Waals surface area contributed by atoms with E-state index in [1.54, 1.807) is 0 Å². The molecule has 5 heteroatoms. The summed E-state index contributed by atoms with van der Waals surface area (Å²) in [6.07, 6.45) is -0.860. The molecule has 14 heavy (non-hydrogen) atoms. The lowest BCUT2D eigenvalue weighted by Crippen LogP contribution is -2.23. The van der Waals surface area contributed by atoms with Crippen molar-refractivity contribution in [3.05, 3.63) is 29.1 Å². The van der Waals surface area contributed by atoms with Crippen LogP contribution >= 0.6 is 12.6 Å². The van der Waals surface area contributed by atoms with E-state index in [0.29, 0.717) is 0 Å². The molecule has 0 radical (unpaired) electrons. The summed E-state index contributed by atoms with van der Waals surface area (Å²) in [5.74, 6) is -5.59. The minimum atomic E-state index is -3.48. The van der Waals surface area contributed by atoms with Gasteiger partial charge in [-0.05, 0) is 12.1 Å². The predicted octanol–water partition coefficient (Wildman–Crippen LogP) is 2.49. The van der Waals surface area contributed by atoms with Crippen LogP contribution < -0.4 is 0 Å². The van der Waals surface area contributed by atoms with Gasteiger partial charge in [0.05, 0.1) is 0 Å². The number of fused-ring (bicyclic) bond motifs is 1. The largest absolute Gasteiger partial charge is 0.313 e. The maximum absolute atomic E-state index is 13.1. The minimum Gasteiger partial charge on any atom is -0.287 e. The summed E-state index contributed by atoms with van der Waals surface area (Å²) < 4.78 is 38.9. The fourth-order valence-corrected chi connectivity index (χ4v) is 1.83. The molecular weight excluding hydrogens is 213 g/mol. The van der Waals surface area contributed by atoms with Gasteiger partial charge in [0.1, 0.15) is 5.82 Å². The molecule has 0 spiro atoms. The third kappa shape index (κ3) is 1.15. The normalized spacial score (nSPS) is 18.4. The lowest BCUT2D eigenvalue weighted by atomic mass is 10.1. The number of benzene rings is 1. The number of Topliss-reactive ketones (excluding diaryl/α,β-unsaturated/α-hetero) is 1. The predicted molar refractivity (Wildman–Crippen MR) is 46.6 cm³/mol. The molecule has 0 heterocycles. The topological polar surface area (TPSA) is 17.1 Å². The second-order valence-corrected chi connectivity index (χ2v) is 3.61. The zero-order valence-corrected chi connectivity index (χ0v) is 7.75. The van der Waals surface area contributed by atoms with Crippen molar-refractivity contribution >= 4 is 18.4 Å². The van der Waals surface area contributed by atoms with Crippen molar-refractivity contribution in [2.24, 2.45) is 0 Å². The van der Waals surface area contributed by atoms with Crippen LogP contribution in [-0.2, 0) is 6.42 Å². The number of carbonyl (C=O) groups is 1. The molecule has 2 rings (SSSR count). The maximum atomic E-state index is 13.1. The fourth-order valence-electron chi connectivity index (χ4n) is 1.52. The van der Waals surface area contributed by atoms with E-state index in [4.69, 9.17) is 0 Å². The highest BCUT2D eigenvalue weighted by molar-refractivity contribution is 7.80. The van der Waals surface area contributed by atoms with Crippen LogP contribution in [0.25, 0.3) is 0 Å². The molecule has 0 saturated carbocycles. The highest BCUT2D eigenvalue weighted by Gasteiger charge is 2.48. The number of halogens is 3. The number of carbonyl (C=O) groups excluding carboxylic acids is 1. The highest BCUT2D eigenvalue weighted by Crippen LogP contribution is 2.38. The van der Waals surface area contributed by atoms with Gasteiger partial charge in [-0.1, -0.05) is 0 Å². The van der Waals surface area contributed by atoms with Crippen LogP contribution in [0.15, 0.2) is 17.0 Å². The lowest BCUT2D eigenvalue weighted by Gasteiger charge is -2.03. The Hall–Kier alpha value is -0.970. The Morgan fingerprint density at radius 3 is 2.57 bits per heavy atom. The Balaban J connectivity index is 2.70. The van der Waals surface area contributed by atoms with Gasteiger partial charge in [-0.25, -0.2) is 4.39 Å². The third-order valence-electron chi connectivity index (χ3n) is 2.19. The molecule has 0 aliphatic heterocycles. The first kappa shape index (κ1) is 9.58. The second kappa shape index (κ2) is 2.76. The van der Waals surface area contributed by atoms with Crippen LogP contribution in [0.4, 0.5) is 13.2 Å². The minimum absolute atomic E-state index is 0.101. The van der Waals surface area contributed by atoms with Gasteiger partial charge >= 0.3 is 5.92 Å². The smallest absolute Gasteiger partial charge is 0.287 e. The van der Waals surface area contributed by atoms with Crippen LogP contribution in [0, 0.1) is 5.82 Å². The maximum Gasteiger partial charge on any atom is 0.313 e. The number of ketones is 1. The van der Waals surface area contributed by atoms with Gasteiger partial charge in [-0.15, -0.1) is 12.6 Å². The first-order valence-corrected chi connectivity index (χ1v) is 4.31. The van der Waals surface area contributed by atoms with Gasteiger partial charge in [-0.2, -0.15) is 8.78 Å². The van der Waals surface area contributed by atoms with Crippen molar-refractivity contribution in [2.75, 3.05) is 0 Å². The molecule has 0 N–H and O–H groups in total. The van der Waals surface area contributed by atoms with E-state index in [-0.39, 0.29) is 16.0 Å². The van der Waals surface area contributed by atoms with E-state index in [1.807, 2.05) is 0 Å². The van der Waals surface area contributed by atoms with Crippen LogP contribution in [0.1, 0.15) is 15.9 Å². The van der Waals surface area contributed by atoms with Crippen molar-refractivity contribution in [1.29, 1.82) is 0 Å². The van der Waals surface area contributed by atoms with Gasteiger partial charge < -0.3 is 0 Å². The summed E-state index contributed by atoms with van der Waals surface area (Å²) in [5, 5.41) is 0. The molecule has 0 atom stereocenters. The molecule has 1 aromatic rings. The van der Waals surface area contributed by atoms with Crippen LogP contribution in [0.5, 0.6) is 0 Å². The Bertz CT molecular complexity index is 428. The Morgan fingerprint density at radius 2 is 2.00 bits per heavy atom. The van der Waals surface area contributed by atoms with Crippen molar-refractivity contribution < 1.29 is 18.0 Å². The first-order valence-electron chi connectivity index (χ1n) is 3.86. The number of thiol groups is 1. The zero-order chi connectivity index (χ0) is 10.5.